The third-order valence-electron chi connectivity index (χ3n) is 4.48. The van der Waals surface area contributed by atoms with Crippen LogP contribution < -0.4 is 10.2 Å². The average Bonchev–Trinajstić information content (AvgIpc) is 3.03. The van der Waals surface area contributed by atoms with Gasteiger partial charge in [0, 0.05) is 35.2 Å². The first kappa shape index (κ1) is 15.6. The number of hydrogen-bond acceptors (Lipinski definition) is 3. The molecule has 0 spiro atoms. The van der Waals surface area contributed by atoms with Crippen molar-refractivity contribution in [1.29, 1.82) is 0 Å². The van der Waals surface area contributed by atoms with E-state index in [1.165, 1.54) is 0 Å². The quantitative estimate of drug-likeness (QED) is 0.694. The molecule has 124 valence electrons. The Kier molecular flexibility index (Phi) is 4.25. The van der Waals surface area contributed by atoms with E-state index in [-0.39, 0.29) is 0 Å². The normalized spacial score (nSPS) is 18.1. The van der Waals surface area contributed by atoms with Crippen LogP contribution in [0.2, 0.25) is 10.0 Å². The zero-order valence-electron chi connectivity index (χ0n) is 13.1. The molecule has 2 N–H and O–H groups in total. The molecule has 1 atom stereocenters. The smallest absolute Gasteiger partial charge is 0.0654 e. The van der Waals surface area contributed by atoms with Crippen molar-refractivity contribution in [3.8, 4) is 0 Å². The summed E-state index contributed by atoms with van der Waals surface area (Å²) in [6.07, 6.45) is 4.12. The molecular weight excluding hydrogens is 343 g/mol. The number of hydrogen-bond donors (Lipinski definition) is 2. The summed E-state index contributed by atoms with van der Waals surface area (Å²) in [7, 11) is 0. The number of halogens is 2. The standard InChI is InChI=1S/C18H18Cl2N4/c19-13-3-6-18(16(20)9-13)24-7-1-2-15(11-24)22-14-4-5-17-12(8-14)10-21-23-17/h3-6,8-10,15,22H,1-2,7,11H2,(H,21,23). The Balaban J connectivity index is 1.50. The van der Waals surface area contributed by atoms with Crippen molar-refractivity contribution in [2.75, 3.05) is 23.3 Å². The van der Waals surface area contributed by atoms with Crippen LogP contribution >= 0.6 is 23.2 Å². The molecule has 3 aromatic rings. The van der Waals surface area contributed by atoms with Gasteiger partial charge in [0.25, 0.3) is 0 Å². The molecule has 0 radical (unpaired) electrons. The number of anilines is 2. The maximum atomic E-state index is 6.37. The monoisotopic (exact) mass is 360 g/mol. The van der Waals surface area contributed by atoms with E-state index in [0.717, 1.165) is 48.2 Å². The maximum Gasteiger partial charge on any atom is 0.0654 e. The molecule has 0 aliphatic carbocycles. The number of nitrogens with zero attached hydrogens (tertiary/aromatic N) is 2. The summed E-state index contributed by atoms with van der Waals surface area (Å²) < 4.78 is 0. The fourth-order valence-electron chi connectivity index (χ4n) is 3.32. The minimum Gasteiger partial charge on any atom is -0.381 e. The van der Waals surface area contributed by atoms with E-state index in [2.05, 4.69) is 38.6 Å². The second kappa shape index (κ2) is 6.54. The SMILES string of the molecule is Clc1ccc(N2CCCC(Nc3ccc4[nH]ncc4c3)C2)c(Cl)c1. The number of rotatable bonds is 3. The molecular formula is C18H18Cl2N4. The number of piperidine rings is 1. The van der Waals surface area contributed by atoms with Crippen LogP contribution in [0.15, 0.2) is 42.6 Å². The molecule has 24 heavy (non-hydrogen) atoms. The lowest BCUT2D eigenvalue weighted by atomic mass is 10.0. The van der Waals surface area contributed by atoms with Crippen molar-refractivity contribution in [3.05, 3.63) is 52.6 Å². The summed E-state index contributed by atoms with van der Waals surface area (Å²) in [4.78, 5) is 2.33. The minimum absolute atomic E-state index is 0.384. The van der Waals surface area contributed by atoms with E-state index in [0.29, 0.717) is 16.1 Å². The van der Waals surface area contributed by atoms with Crippen molar-refractivity contribution >= 4 is 45.5 Å². The predicted molar refractivity (Wildman–Crippen MR) is 101 cm³/mol. The van der Waals surface area contributed by atoms with Gasteiger partial charge in [0.2, 0.25) is 0 Å². The summed E-state index contributed by atoms with van der Waals surface area (Å²) in [5.41, 5.74) is 3.23. The van der Waals surface area contributed by atoms with Crippen LogP contribution in [0.25, 0.3) is 10.9 Å². The van der Waals surface area contributed by atoms with Gasteiger partial charge in [0.05, 0.1) is 22.4 Å². The highest BCUT2D eigenvalue weighted by Crippen LogP contribution is 2.31. The predicted octanol–water partition coefficient (Wildman–Crippen LogP) is 4.95. The Labute approximate surface area is 150 Å². The number of fused-ring (bicyclic) bond motifs is 1. The highest BCUT2D eigenvalue weighted by molar-refractivity contribution is 6.36. The number of aromatic nitrogens is 2. The molecule has 4 nitrogen and oxygen atoms in total. The third-order valence-corrected chi connectivity index (χ3v) is 5.02. The highest BCUT2D eigenvalue weighted by atomic mass is 35.5. The maximum absolute atomic E-state index is 6.37. The van der Waals surface area contributed by atoms with Crippen LogP contribution in [0.4, 0.5) is 11.4 Å². The minimum atomic E-state index is 0.384. The average molecular weight is 361 g/mol. The molecule has 2 aromatic carbocycles. The van der Waals surface area contributed by atoms with Crippen molar-refractivity contribution in [2.24, 2.45) is 0 Å². The zero-order valence-corrected chi connectivity index (χ0v) is 14.6. The molecule has 6 heteroatoms. The van der Waals surface area contributed by atoms with Gasteiger partial charge in [-0.2, -0.15) is 5.10 Å². The van der Waals surface area contributed by atoms with E-state index < -0.39 is 0 Å². The third kappa shape index (κ3) is 3.17. The van der Waals surface area contributed by atoms with Gasteiger partial charge in [-0.3, -0.25) is 5.10 Å². The molecule has 1 aliphatic heterocycles. The molecule has 1 aromatic heterocycles. The van der Waals surface area contributed by atoms with Crippen LogP contribution in [-0.2, 0) is 0 Å². The molecule has 0 bridgehead atoms. The first-order chi connectivity index (χ1) is 11.7. The van der Waals surface area contributed by atoms with Crippen molar-refractivity contribution in [3.63, 3.8) is 0 Å². The van der Waals surface area contributed by atoms with E-state index in [1.54, 1.807) is 0 Å². The fraction of sp³-hybridized carbons (Fsp3) is 0.278. The summed E-state index contributed by atoms with van der Waals surface area (Å²) in [5, 5.41) is 13.2. The lowest BCUT2D eigenvalue weighted by molar-refractivity contribution is 0.530. The zero-order chi connectivity index (χ0) is 16.5. The Morgan fingerprint density at radius 2 is 2.08 bits per heavy atom. The molecule has 1 unspecified atom stereocenters. The van der Waals surface area contributed by atoms with Gasteiger partial charge in [-0.25, -0.2) is 0 Å². The van der Waals surface area contributed by atoms with Crippen LogP contribution in [0.5, 0.6) is 0 Å². The second-order valence-corrected chi connectivity index (χ2v) is 7.04. The Morgan fingerprint density at radius 3 is 2.96 bits per heavy atom. The van der Waals surface area contributed by atoms with Gasteiger partial charge < -0.3 is 10.2 Å². The molecule has 1 saturated heterocycles. The number of aromatic amines is 1. The molecule has 1 fully saturated rings. The molecule has 0 saturated carbocycles. The van der Waals surface area contributed by atoms with Gasteiger partial charge in [-0.15, -0.1) is 0 Å². The van der Waals surface area contributed by atoms with Crippen LogP contribution in [0.1, 0.15) is 12.8 Å². The Morgan fingerprint density at radius 1 is 1.17 bits per heavy atom. The first-order valence-electron chi connectivity index (χ1n) is 8.09. The highest BCUT2D eigenvalue weighted by Gasteiger charge is 2.21. The van der Waals surface area contributed by atoms with Crippen molar-refractivity contribution in [2.45, 2.75) is 18.9 Å². The van der Waals surface area contributed by atoms with Gasteiger partial charge in [0.15, 0.2) is 0 Å². The lowest BCUT2D eigenvalue weighted by Crippen LogP contribution is -2.42. The molecule has 2 heterocycles. The Bertz CT molecular complexity index is 861. The summed E-state index contributed by atoms with van der Waals surface area (Å²) in [6.45, 7) is 1.94. The van der Waals surface area contributed by atoms with Crippen LogP contribution in [0.3, 0.4) is 0 Å². The topological polar surface area (TPSA) is 44.0 Å². The summed E-state index contributed by atoms with van der Waals surface area (Å²) in [6, 6.07) is 12.4. The lowest BCUT2D eigenvalue weighted by Gasteiger charge is -2.35. The summed E-state index contributed by atoms with van der Waals surface area (Å²) in [5.74, 6) is 0. The molecule has 1 aliphatic rings. The first-order valence-corrected chi connectivity index (χ1v) is 8.84. The molecule has 0 amide bonds. The van der Waals surface area contributed by atoms with Gasteiger partial charge in [0.1, 0.15) is 0 Å². The number of benzene rings is 2. The van der Waals surface area contributed by atoms with Gasteiger partial charge in [-0.05, 0) is 49.2 Å². The van der Waals surface area contributed by atoms with Crippen molar-refractivity contribution in [1.82, 2.24) is 10.2 Å². The van der Waals surface area contributed by atoms with Crippen LogP contribution in [-0.4, -0.2) is 29.3 Å². The largest absolute Gasteiger partial charge is 0.381 e. The van der Waals surface area contributed by atoms with Gasteiger partial charge in [-0.1, -0.05) is 23.2 Å². The van der Waals surface area contributed by atoms with Crippen molar-refractivity contribution < 1.29 is 0 Å². The Hall–Kier alpha value is -1.91. The second-order valence-electron chi connectivity index (χ2n) is 6.20. The number of nitrogens with one attached hydrogen (secondary N) is 2. The fourth-order valence-corrected chi connectivity index (χ4v) is 3.85. The van der Waals surface area contributed by atoms with E-state index in [4.69, 9.17) is 23.2 Å². The van der Waals surface area contributed by atoms with Crippen LogP contribution in [0, 0.1) is 0 Å². The van der Waals surface area contributed by atoms with E-state index in [9.17, 15) is 0 Å². The molecule has 4 rings (SSSR count). The summed E-state index contributed by atoms with van der Waals surface area (Å²) >= 11 is 12.4. The van der Waals surface area contributed by atoms with E-state index in [1.807, 2.05) is 24.4 Å². The number of H-pyrrole nitrogens is 1. The van der Waals surface area contributed by atoms with Gasteiger partial charge >= 0.3 is 0 Å². The van der Waals surface area contributed by atoms with E-state index >= 15 is 0 Å².